The minimum atomic E-state index is -0.158. The topological polar surface area (TPSA) is 70.7 Å². The third-order valence-electron chi connectivity index (χ3n) is 3.21. The van der Waals surface area contributed by atoms with Gasteiger partial charge in [-0.25, -0.2) is 9.97 Å². The summed E-state index contributed by atoms with van der Waals surface area (Å²) in [5.41, 5.74) is 3.23. The van der Waals surface area contributed by atoms with Gasteiger partial charge in [0.05, 0.1) is 11.0 Å². The average Bonchev–Trinajstić information content (AvgIpc) is 2.89. The first-order chi connectivity index (χ1) is 10.2. The van der Waals surface area contributed by atoms with E-state index in [2.05, 4.69) is 20.3 Å². The molecule has 1 amide bonds. The molecule has 5 heteroatoms. The number of H-pyrrole nitrogens is 1. The first-order valence-corrected chi connectivity index (χ1v) is 6.88. The average molecular weight is 280 g/mol. The maximum atomic E-state index is 12.0. The lowest BCUT2D eigenvalue weighted by atomic mass is 10.3. The highest BCUT2D eigenvalue weighted by atomic mass is 16.1. The Morgan fingerprint density at radius 1 is 1.14 bits per heavy atom. The maximum Gasteiger partial charge on any atom is 0.269 e. The highest BCUT2D eigenvalue weighted by molar-refractivity contribution is 5.92. The Kier molecular flexibility index (Phi) is 3.64. The fraction of sp³-hybridized carbons (Fsp3) is 0.188. The summed E-state index contributed by atoms with van der Waals surface area (Å²) < 4.78 is 0. The second-order valence-electron chi connectivity index (χ2n) is 4.87. The fourth-order valence-corrected chi connectivity index (χ4v) is 2.18. The molecule has 0 atom stereocenters. The molecule has 3 aromatic rings. The van der Waals surface area contributed by atoms with Crippen molar-refractivity contribution < 1.29 is 4.79 Å². The van der Waals surface area contributed by atoms with Crippen LogP contribution in [0.5, 0.6) is 0 Å². The first kappa shape index (κ1) is 13.3. The summed E-state index contributed by atoms with van der Waals surface area (Å²) in [7, 11) is 0. The van der Waals surface area contributed by atoms with Crippen molar-refractivity contribution in [3.63, 3.8) is 0 Å². The molecule has 0 aliphatic carbocycles. The van der Waals surface area contributed by atoms with Crippen LogP contribution in [-0.2, 0) is 6.42 Å². The number of imidazole rings is 1. The molecule has 0 saturated carbocycles. The maximum absolute atomic E-state index is 12.0. The van der Waals surface area contributed by atoms with Gasteiger partial charge in [-0.15, -0.1) is 0 Å². The third kappa shape index (κ3) is 3.08. The van der Waals surface area contributed by atoms with Crippen LogP contribution >= 0.6 is 0 Å². The van der Waals surface area contributed by atoms with Gasteiger partial charge in [0, 0.05) is 18.7 Å². The van der Waals surface area contributed by atoms with Gasteiger partial charge in [-0.2, -0.15) is 0 Å². The van der Waals surface area contributed by atoms with Gasteiger partial charge in [-0.3, -0.25) is 4.79 Å². The van der Waals surface area contributed by atoms with Crippen LogP contribution in [0.2, 0.25) is 0 Å². The Labute approximate surface area is 122 Å². The van der Waals surface area contributed by atoms with E-state index in [1.165, 1.54) is 0 Å². The second-order valence-corrected chi connectivity index (χ2v) is 4.87. The number of benzene rings is 1. The molecule has 3 rings (SSSR count). The van der Waals surface area contributed by atoms with Gasteiger partial charge in [0.1, 0.15) is 11.5 Å². The summed E-state index contributed by atoms with van der Waals surface area (Å²) in [5.74, 6) is 0.712. The van der Waals surface area contributed by atoms with E-state index in [0.29, 0.717) is 18.7 Å². The number of nitrogens with zero attached hydrogens (tertiary/aromatic N) is 2. The Balaban J connectivity index is 1.59. The van der Waals surface area contributed by atoms with Gasteiger partial charge >= 0.3 is 0 Å². The molecule has 0 unspecified atom stereocenters. The zero-order chi connectivity index (χ0) is 14.7. The van der Waals surface area contributed by atoms with Crippen molar-refractivity contribution in [2.75, 3.05) is 6.54 Å². The van der Waals surface area contributed by atoms with E-state index in [1.54, 1.807) is 6.07 Å². The Bertz CT molecular complexity index is 746. The number of aromatic amines is 1. The zero-order valence-corrected chi connectivity index (χ0v) is 11.8. The first-order valence-electron chi connectivity index (χ1n) is 6.88. The molecule has 21 heavy (non-hydrogen) atoms. The smallest absolute Gasteiger partial charge is 0.269 e. The molecule has 0 radical (unpaired) electrons. The minimum absolute atomic E-state index is 0.158. The van der Waals surface area contributed by atoms with Crippen LogP contribution in [0, 0.1) is 6.92 Å². The van der Waals surface area contributed by atoms with Gasteiger partial charge in [0.2, 0.25) is 0 Å². The van der Waals surface area contributed by atoms with E-state index in [1.807, 2.05) is 43.3 Å². The summed E-state index contributed by atoms with van der Waals surface area (Å²) in [4.78, 5) is 23.9. The number of fused-ring (bicyclic) bond motifs is 1. The molecule has 0 bridgehead atoms. The number of aromatic nitrogens is 3. The molecule has 0 spiro atoms. The SMILES string of the molecule is Cc1cccc(C(=O)NCCc2nc3ccccc3[nH]2)n1. The number of amides is 1. The van der Waals surface area contributed by atoms with Crippen molar-refractivity contribution >= 4 is 16.9 Å². The quantitative estimate of drug-likeness (QED) is 0.770. The van der Waals surface area contributed by atoms with Gasteiger partial charge in [-0.1, -0.05) is 18.2 Å². The molecule has 0 aliphatic heterocycles. The van der Waals surface area contributed by atoms with Crippen molar-refractivity contribution in [3.05, 3.63) is 59.7 Å². The number of para-hydroxylation sites is 2. The molecule has 2 aromatic heterocycles. The van der Waals surface area contributed by atoms with Crippen LogP contribution < -0.4 is 5.32 Å². The van der Waals surface area contributed by atoms with E-state index < -0.39 is 0 Å². The number of carbonyl (C=O) groups excluding carboxylic acids is 1. The normalized spacial score (nSPS) is 10.7. The van der Waals surface area contributed by atoms with Gasteiger partial charge in [-0.05, 0) is 31.2 Å². The van der Waals surface area contributed by atoms with E-state index in [4.69, 9.17) is 0 Å². The molecular formula is C16H16N4O. The number of carbonyl (C=O) groups is 1. The Morgan fingerprint density at radius 3 is 2.81 bits per heavy atom. The summed E-state index contributed by atoms with van der Waals surface area (Å²) in [6.07, 6.45) is 0.659. The molecule has 0 aliphatic rings. The number of pyridine rings is 1. The molecule has 2 heterocycles. The predicted molar refractivity (Wildman–Crippen MR) is 81.1 cm³/mol. The van der Waals surface area contributed by atoms with E-state index >= 15 is 0 Å². The van der Waals surface area contributed by atoms with Crippen LogP contribution in [0.15, 0.2) is 42.5 Å². The number of hydrogen-bond donors (Lipinski definition) is 2. The lowest BCUT2D eigenvalue weighted by Gasteiger charge is -2.03. The summed E-state index contributed by atoms with van der Waals surface area (Å²) in [6, 6.07) is 13.3. The highest BCUT2D eigenvalue weighted by Gasteiger charge is 2.07. The molecule has 5 nitrogen and oxygen atoms in total. The standard InChI is InChI=1S/C16H16N4O/c1-11-5-4-8-14(18-11)16(21)17-10-9-15-19-12-6-2-3-7-13(12)20-15/h2-8H,9-10H2,1H3,(H,17,21)(H,19,20). The van der Waals surface area contributed by atoms with Crippen LogP contribution in [0.1, 0.15) is 22.0 Å². The van der Waals surface area contributed by atoms with Crippen molar-refractivity contribution in [1.82, 2.24) is 20.3 Å². The third-order valence-corrected chi connectivity index (χ3v) is 3.21. The Morgan fingerprint density at radius 2 is 2.00 bits per heavy atom. The number of hydrogen-bond acceptors (Lipinski definition) is 3. The minimum Gasteiger partial charge on any atom is -0.350 e. The molecule has 106 valence electrons. The number of aryl methyl sites for hydroxylation is 1. The van der Waals surface area contributed by atoms with E-state index in [-0.39, 0.29) is 5.91 Å². The van der Waals surface area contributed by atoms with Crippen molar-refractivity contribution in [2.24, 2.45) is 0 Å². The van der Waals surface area contributed by atoms with Gasteiger partial charge < -0.3 is 10.3 Å². The van der Waals surface area contributed by atoms with Crippen LogP contribution in [0.25, 0.3) is 11.0 Å². The summed E-state index contributed by atoms with van der Waals surface area (Å²) >= 11 is 0. The van der Waals surface area contributed by atoms with Crippen LogP contribution in [-0.4, -0.2) is 27.4 Å². The van der Waals surface area contributed by atoms with Crippen molar-refractivity contribution in [1.29, 1.82) is 0 Å². The number of rotatable bonds is 4. The van der Waals surface area contributed by atoms with Gasteiger partial charge in [0.25, 0.3) is 5.91 Å². The predicted octanol–water partition coefficient (Wildman–Crippen LogP) is 2.24. The summed E-state index contributed by atoms with van der Waals surface area (Å²) in [6.45, 7) is 2.39. The van der Waals surface area contributed by atoms with Gasteiger partial charge in [0.15, 0.2) is 0 Å². The molecule has 0 fully saturated rings. The van der Waals surface area contributed by atoms with E-state index in [0.717, 1.165) is 22.6 Å². The fourth-order valence-electron chi connectivity index (χ4n) is 2.18. The van der Waals surface area contributed by atoms with Crippen LogP contribution in [0.3, 0.4) is 0 Å². The molecular weight excluding hydrogens is 264 g/mol. The lowest BCUT2D eigenvalue weighted by Crippen LogP contribution is -2.26. The lowest BCUT2D eigenvalue weighted by molar-refractivity contribution is 0.0949. The Hall–Kier alpha value is -2.69. The number of nitrogens with one attached hydrogen (secondary N) is 2. The molecule has 1 aromatic carbocycles. The van der Waals surface area contributed by atoms with E-state index in [9.17, 15) is 4.79 Å². The van der Waals surface area contributed by atoms with Crippen molar-refractivity contribution in [3.8, 4) is 0 Å². The summed E-state index contributed by atoms with van der Waals surface area (Å²) in [5, 5.41) is 2.86. The molecule has 2 N–H and O–H groups in total. The highest BCUT2D eigenvalue weighted by Crippen LogP contribution is 2.10. The van der Waals surface area contributed by atoms with Crippen molar-refractivity contribution in [2.45, 2.75) is 13.3 Å². The monoisotopic (exact) mass is 280 g/mol. The zero-order valence-electron chi connectivity index (χ0n) is 11.8. The molecule has 0 saturated heterocycles. The largest absolute Gasteiger partial charge is 0.350 e. The second kappa shape index (κ2) is 5.75. The van der Waals surface area contributed by atoms with Crippen LogP contribution in [0.4, 0.5) is 0 Å².